The van der Waals surface area contributed by atoms with Gasteiger partial charge in [0.1, 0.15) is 17.5 Å². The van der Waals surface area contributed by atoms with Gasteiger partial charge in [0.2, 0.25) is 0 Å². The van der Waals surface area contributed by atoms with E-state index in [1.807, 2.05) is 24.3 Å². The molecule has 0 radical (unpaired) electrons. The van der Waals surface area contributed by atoms with E-state index in [0.717, 1.165) is 23.2 Å². The zero-order chi connectivity index (χ0) is 19.9. The van der Waals surface area contributed by atoms with Crippen molar-refractivity contribution < 1.29 is 22.3 Å². The number of aromatic nitrogens is 2. The zero-order valence-corrected chi connectivity index (χ0v) is 15.9. The number of para-hydroxylation sites is 2. The van der Waals surface area contributed by atoms with Gasteiger partial charge in [0.15, 0.2) is 9.84 Å². The van der Waals surface area contributed by atoms with Gasteiger partial charge >= 0.3 is 0 Å². The molecule has 28 heavy (non-hydrogen) atoms. The summed E-state index contributed by atoms with van der Waals surface area (Å²) >= 11 is 0. The average Bonchev–Trinajstić information content (AvgIpc) is 3.15. The summed E-state index contributed by atoms with van der Waals surface area (Å²) in [6, 6.07) is 10.5. The van der Waals surface area contributed by atoms with Gasteiger partial charge < -0.3 is 9.67 Å². The quantitative estimate of drug-likeness (QED) is 0.707. The molecule has 1 aromatic heterocycles. The molecular formula is C20H20F2N2O3S. The van der Waals surface area contributed by atoms with Crippen molar-refractivity contribution >= 4 is 20.9 Å². The number of nitrogens with zero attached hydrogens (tertiary/aromatic N) is 2. The second-order valence-electron chi connectivity index (χ2n) is 7.28. The third-order valence-corrected chi connectivity index (χ3v) is 7.05. The normalized spacial score (nSPS) is 19.9. The lowest BCUT2D eigenvalue weighted by molar-refractivity contribution is 0.152. The summed E-state index contributed by atoms with van der Waals surface area (Å²) in [5.41, 5.74) is 1.51. The monoisotopic (exact) mass is 406 g/mol. The molecule has 2 atom stereocenters. The average molecular weight is 406 g/mol. The van der Waals surface area contributed by atoms with Crippen LogP contribution in [0.1, 0.15) is 23.9 Å². The van der Waals surface area contributed by atoms with E-state index in [1.54, 1.807) is 4.57 Å². The second-order valence-corrected chi connectivity index (χ2v) is 9.51. The number of halogens is 2. The molecule has 0 saturated carbocycles. The maximum atomic E-state index is 14.1. The van der Waals surface area contributed by atoms with E-state index >= 15 is 0 Å². The SMILES string of the molecule is O=S1(=O)CC[C@H](Cc2nc3ccccc3n2C[C@@H](O)c2ccc(F)cc2F)C1. The molecule has 1 saturated heterocycles. The Bertz CT molecular complexity index is 1130. The molecule has 1 aliphatic heterocycles. The molecule has 0 aliphatic carbocycles. The van der Waals surface area contributed by atoms with Crippen molar-refractivity contribution in [3.63, 3.8) is 0 Å². The highest BCUT2D eigenvalue weighted by Crippen LogP contribution is 2.27. The van der Waals surface area contributed by atoms with Crippen LogP contribution in [0, 0.1) is 17.6 Å². The molecule has 148 valence electrons. The predicted molar refractivity (Wildman–Crippen MR) is 102 cm³/mol. The van der Waals surface area contributed by atoms with Crippen LogP contribution in [0.2, 0.25) is 0 Å². The van der Waals surface area contributed by atoms with E-state index < -0.39 is 27.6 Å². The Balaban J connectivity index is 1.67. The standard InChI is InChI=1S/C20H20F2N2O3S/c21-14-5-6-15(16(22)10-14)19(25)11-24-18-4-2-1-3-17(18)23-20(24)9-13-7-8-28(26,27)12-13/h1-6,10,13,19,25H,7-9,11-12H2/t13-,19-/m1/s1. The summed E-state index contributed by atoms with van der Waals surface area (Å²) < 4.78 is 52.6. The number of fused-ring (bicyclic) bond motifs is 1. The first-order valence-corrected chi connectivity index (χ1v) is 10.9. The van der Waals surface area contributed by atoms with Crippen molar-refractivity contribution in [2.45, 2.75) is 25.5 Å². The van der Waals surface area contributed by atoms with Gasteiger partial charge in [-0.15, -0.1) is 0 Å². The minimum atomic E-state index is -3.01. The van der Waals surface area contributed by atoms with Crippen LogP contribution in [0.4, 0.5) is 8.78 Å². The number of imidazole rings is 1. The van der Waals surface area contributed by atoms with Crippen molar-refractivity contribution in [2.75, 3.05) is 11.5 Å². The molecule has 1 aliphatic rings. The van der Waals surface area contributed by atoms with Crippen LogP contribution in [0.5, 0.6) is 0 Å². The second kappa shape index (κ2) is 7.25. The molecule has 0 bridgehead atoms. The van der Waals surface area contributed by atoms with Gasteiger partial charge in [0.05, 0.1) is 35.2 Å². The van der Waals surface area contributed by atoms with Crippen molar-refractivity contribution in [2.24, 2.45) is 5.92 Å². The highest BCUT2D eigenvalue weighted by atomic mass is 32.2. The van der Waals surface area contributed by atoms with Gasteiger partial charge in [-0.2, -0.15) is 0 Å². The highest BCUT2D eigenvalue weighted by molar-refractivity contribution is 7.91. The Kier molecular flexibility index (Phi) is 4.93. The number of sulfone groups is 1. The van der Waals surface area contributed by atoms with E-state index in [4.69, 9.17) is 0 Å². The van der Waals surface area contributed by atoms with Crippen molar-refractivity contribution in [1.82, 2.24) is 9.55 Å². The van der Waals surface area contributed by atoms with E-state index in [-0.39, 0.29) is 29.5 Å². The fourth-order valence-corrected chi connectivity index (χ4v) is 5.68. The van der Waals surface area contributed by atoms with Crippen LogP contribution in [0.25, 0.3) is 11.0 Å². The van der Waals surface area contributed by atoms with Crippen LogP contribution in [0.15, 0.2) is 42.5 Å². The van der Waals surface area contributed by atoms with E-state index in [2.05, 4.69) is 4.98 Å². The summed E-state index contributed by atoms with van der Waals surface area (Å²) in [5, 5.41) is 10.6. The maximum Gasteiger partial charge on any atom is 0.150 e. The lowest BCUT2D eigenvalue weighted by atomic mass is 10.0. The Labute approximate surface area is 161 Å². The predicted octanol–water partition coefficient (Wildman–Crippen LogP) is 3.03. The first-order valence-electron chi connectivity index (χ1n) is 9.10. The lowest BCUT2D eigenvalue weighted by Gasteiger charge is -2.17. The minimum Gasteiger partial charge on any atom is -0.386 e. The number of hydrogen-bond acceptors (Lipinski definition) is 4. The number of aliphatic hydroxyl groups is 1. The third-order valence-electron chi connectivity index (χ3n) is 5.21. The topological polar surface area (TPSA) is 72.2 Å². The Hall–Kier alpha value is -2.32. The lowest BCUT2D eigenvalue weighted by Crippen LogP contribution is -2.16. The fourth-order valence-electron chi connectivity index (χ4n) is 3.82. The maximum absolute atomic E-state index is 14.1. The zero-order valence-electron chi connectivity index (χ0n) is 15.1. The Morgan fingerprint density at radius 3 is 2.71 bits per heavy atom. The molecule has 2 aromatic carbocycles. The third kappa shape index (κ3) is 3.79. The summed E-state index contributed by atoms with van der Waals surface area (Å²) in [5.74, 6) is -0.567. The van der Waals surface area contributed by atoms with Crippen LogP contribution < -0.4 is 0 Å². The number of benzene rings is 2. The molecule has 5 nitrogen and oxygen atoms in total. The van der Waals surface area contributed by atoms with Crippen LogP contribution in [-0.2, 0) is 22.8 Å². The van der Waals surface area contributed by atoms with E-state index in [0.29, 0.717) is 18.7 Å². The Morgan fingerprint density at radius 1 is 1.21 bits per heavy atom. The highest BCUT2D eigenvalue weighted by Gasteiger charge is 2.29. The van der Waals surface area contributed by atoms with Crippen molar-refractivity contribution in [3.8, 4) is 0 Å². The van der Waals surface area contributed by atoms with Gasteiger partial charge in [-0.25, -0.2) is 22.2 Å². The van der Waals surface area contributed by atoms with Crippen LogP contribution >= 0.6 is 0 Å². The molecule has 4 rings (SSSR count). The molecular weight excluding hydrogens is 386 g/mol. The molecule has 0 spiro atoms. The first-order chi connectivity index (χ1) is 13.3. The minimum absolute atomic E-state index is 0.00794. The molecule has 2 heterocycles. The fraction of sp³-hybridized carbons (Fsp3) is 0.350. The van der Waals surface area contributed by atoms with Gasteiger partial charge in [0, 0.05) is 18.1 Å². The molecule has 1 N–H and O–H groups in total. The van der Waals surface area contributed by atoms with Gasteiger partial charge in [-0.3, -0.25) is 0 Å². The van der Waals surface area contributed by atoms with Gasteiger partial charge in [-0.05, 0) is 30.5 Å². The summed E-state index contributed by atoms with van der Waals surface area (Å²) in [4.78, 5) is 4.61. The molecule has 0 amide bonds. The van der Waals surface area contributed by atoms with Crippen molar-refractivity contribution in [1.29, 1.82) is 0 Å². The summed E-state index contributed by atoms with van der Waals surface area (Å²) in [6.45, 7) is 0.0396. The van der Waals surface area contributed by atoms with Crippen LogP contribution in [-0.4, -0.2) is 34.6 Å². The summed E-state index contributed by atoms with van der Waals surface area (Å²) in [6.07, 6.45) is -0.142. The smallest absolute Gasteiger partial charge is 0.150 e. The first kappa shape index (κ1) is 19.0. The summed E-state index contributed by atoms with van der Waals surface area (Å²) in [7, 11) is -3.01. The van der Waals surface area contributed by atoms with Gasteiger partial charge in [0.25, 0.3) is 0 Å². The Morgan fingerprint density at radius 2 is 2.00 bits per heavy atom. The number of hydrogen-bond donors (Lipinski definition) is 1. The molecule has 1 fully saturated rings. The van der Waals surface area contributed by atoms with Crippen molar-refractivity contribution in [3.05, 3.63) is 65.5 Å². The number of rotatable bonds is 5. The number of aliphatic hydroxyl groups excluding tert-OH is 1. The van der Waals surface area contributed by atoms with Crippen LogP contribution in [0.3, 0.4) is 0 Å². The molecule has 8 heteroatoms. The molecule has 3 aromatic rings. The molecule has 0 unspecified atom stereocenters. The largest absolute Gasteiger partial charge is 0.386 e. The van der Waals surface area contributed by atoms with Gasteiger partial charge in [-0.1, -0.05) is 18.2 Å². The van der Waals surface area contributed by atoms with E-state index in [9.17, 15) is 22.3 Å². The van der Waals surface area contributed by atoms with E-state index in [1.165, 1.54) is 6.07 Å².